The van der Waals surface area contributed by atoms with E-state index in [1.807, 2.05) is 6.92 Å². The Morgan fingerprint density at radius 2 is 1.11 bits per heavy atom. The van der Waals surface area contributed by atoms with Gasteiger partial charge in [0.05, 0.1) is 30.5 Å². The van der Waals surface area contributed by atoms with Crippen molar-refractivity contribution in [3.8, 4) is 28.3 Å². The molecule has 0 aliphatic heterocycles. The Hall–Kier alpha value is -3.55. The van der Waals surface area contributed by atoms with Crippen molar-refractivity contribution in [1.29, 1.82) is 0 Å². The van der Waals surface area contributed by atoms with Crippen LogP contribution in [0.5, 0.6) is 5.75 Å². The summed E-state index contributed by atoms with van der Waals surface area (Å²) >= 11 is 0. The van der Waals surface area contributed by atoms with Crippen molar-refractivity contribution in [2.75, 3.05) is 13.2 Å². The number of aryl methyl sites for hydroxylation is 2. The van der Waals surface area contributed by atoms with Crippen molar-refractivity contribution in [3.63, 3.8) is 0 Å². The minimum Gasteiger partial charge on any atom is -0.490 e. The molecule has 0 aliphatic rings. The summed E-state index contributed by atoms with van der Waals surface area (Å²) in [5, 5.41) is 0. The fourth-order valence-corrected chi connectivity index (χ4v) is 6.31. The van der Waals surface area contributed by atoms with Gasteiger partial charge in [-0.25, -0.2) is 9.97 Å². The van der Waals surface area contributed by atoms with Crippen LogP contribution in [0.3, 0.4) is 0 Å². The Balaban J connectivity index is 1.08. The third-order valence-electron chi connectivity index (χ3n) is 8.23. The molecule has 0 aliphatic carbocycles. The maximum absolute atomic E-state index is 12.2. The topological polar surface area (TPSA) is 78.4 Å². The molecule has 246 valence electrons. The Morgan fingerprint density at radius 3 is 1.74 bits per heavy atom. The summed E-state index contributed by atoms with van der Waals surface area (Å²) in [6, 6.07) is 24.1. The second kappa shape index (κ2) is 19.2. The van der Waals surface area contributed by atoms with E-state index in [1.165, 1.54) is 55.2 Å². The van der Waals surface area contributed by atoms with E-state index in [-0.39, 0.29) is 11.5 Å². The van der Waals surface area contributed by atoms with Gasteiger partial charge in [0.1, 0.15) is 0 Å². The average molecular weight is 643 g/mol. The minimum atomic E-state index is -3.67. The largest absolute Gasteiger partial charge is 0.490 e. The Labute approximate surface area is 276 Å². The zero-order valence-corrected chi connectivity index (χ0v) is 28.4. The van der Waals surface area contributed by atoms with E-state index in [0.29, 0.717) is 18.2 Å². The van der Waals surface area contributed by atoms with Crippen LogP contribution in [0.2, 0.25) is 0 Å². The summed E-state index contributed by atoms with van der Waals surface area (Å²) in [6.45, 7) is 5.02. The molecule has 0 radical (unpaired) electrons. The van der Waals surface area contributed by atoms with Crippen LogP contribution >= 0.6 is 0 Å². The van der Waals surface area contributed by atoms with Gasteiger partial charge >= 0.3 is 0 Å². The van der Waals surface area contributed by atoms with Crippen molar-refractivity contribution in [1.82, 2.24) is 9.97 Å². The number of nitrogens with zero attached hydrogens (tertiary/aromatic N) is 2. The highest BCUT2D eigenvalue weighted by atomic mass is 32.2. The average Bonchev–Trinajstić information content (AvgIpc) is 3.08. The number of ether oxygens (including phenoxy) is 1. The van der Waals surface area contributed by atoms with Crippen molar-refractivity contribution >= 4 is 10.1 Å². The fourth-order valence-electron chi connectivity index (χ4n) is 5.37. The predicted octanol–water partition coefficient (Wildman–Crippen LogP) is 10.1. The lowest BCUT2D eigenvalue weighted by atomic mass is 10.00. The van der Waals surface area contributed by atoms with Crippen LogP contribution in [0, 0.1) is 6.92 Å². The quantitative estimate of drug-likeness (QED) is 0.0665. The van der Waals surface area contributed by atoms with E-state index < -0.39 is 10.1 Å². The first-order valence-electron chi connectivity index (χ1n) is 17.1. The summed E-state index contributed by atoms with van der Waals surface area (Å²) in [5.74, 6) is 1.36. The number of rotatable bonds is 21. The van der Waals surface area contributed by atoms with Crippen LogP contribution in [-0.2, 0) is 20.7 Å². The monoisotopic (exact) mass is 642 g/mol. The molecule has 3 aromatic carbocycles. The van der Waals surface area contributed by atoms with E-state index in [9.17, 15) is 8.42 Å². The van der Waals surface area contributed by atoms with Crippen molar-refractivity contribution in [2.45, 2.75) is 102 Å². The van der Waals surface area contributed by atoms with Gasteiger partial charge in [-0.2, -0.15) is 8.42 Å². The van der Waals surface area contributed by atoms with Crippen molar-refractivity contribution in [3.05, 3.63) is 96.3 Å². The van der Waals surface area contributed by atoms with Crippen molar-refractivity contribution < 1.29 is 17.3 Å². The molecule has 0 spiro atoms. The molecule has 0 atom stereocenters. The molecule has 0 unspecified atom stereocenters. The molecule has 0 saturated carbocycles. The van der Waals surface area contributed by atoms with Crippen LogP contribution in [0.25, 0.3) is 22.5 Å². The zero-order valence-electron chi connectivity index (χ0n) is 27.6. The third-order valence-corrected chi connectivity index (χ3v) is 9.56. The number of hydrogen-bond donors (Lipinski definition) is 0. The van der Waals surface area contributed by atoms with E-state index in [0.717, 1.165) is 56.1 Å². The minimum absolute atomic E-state index is 0.211. The standard InChI is InChI=1S/C39H50N2O4S/c1-3-4-5-6-9-12-15-33-18-20-34(21-19-33)35-22-24-36(25-23-35)39-40-30-37(31-41-39)44-28-13-10-7-8-11-14-29-45-46(42,43)38-26-16-32(2)17-27-38/h16-27,30-31H,3-15,28-29H2,1-2H3. The number of aromatic nitrogens is 2. The lowest BCUT2D eigenvalue weighted by Crippen LogP contribution is -2.07. The molecule has 4 rings (SSSR count). The first-order chi connectivity index (χ1) is 22.4. The van der Waals surface area contributed by atoms with Gasteiger partial charge in [0.25, 0.3) is 10.1 Å². The van der Waals surface area contributed by atoms with Gasteiger partial charge in [0.2, 0.25) is 0 Å². The molecule has 7 heteroatoms. The maximum atomic E-state index is 12.2. The molecule has 0 fully saturated rings. The van der Waals surface area contributed by atoms with Crippen LogP contribution in [-0.4, -0.2) is 31.6 Å². The summed E-state index contributed by atoms with van der Waals surface area (Å²) in [4.78, 5) is 9.25. The molecule has 1 aromatic heterocycles. The molecule has 1 heterocycles. The zero-order chi connectivity index (χ0) is 32.5. The predicted molar refractivity (Wildman–Crippen MR) is 187 cm³/mol. The number of unbranched alkanes of at least 4 members (excludes halogenated alkanes) is 10. The van der Waals surface area contributed by atoms with E-state index in [4.69, 9.17) is 8.92 Å². The van der Waals surface area contributed by atoms with Crippen molar-refractivity contribution in [2.24, 2.45) is 0 Å². The molecule has 0 bridgehead atoms. The van der Waals surface area contributed by atoms with Crippen LogP contribution in [0.4, 0.5) is 0 Å². The first-order valence-corrected chi connectivity index (χ1v) is 18.5. The van der Waals surface area contributed by atoms with E-state index in [2.05, 4.69) is 65.4 Å². The van der Waals surface area contributed by atoms with Gasteiger partial charge in [-0.15, -0.1) is 0 Å². The third kappa shape index (κ3) is 12.0. The van der Waals surface area contributed by atoms with Crippen LogP contribution in [0.15, 0.2) is 90.1 Å². The van der Waals surface area contributed by atoms with Gasteiger partial charge in [-0.1, -0.05) is 131 Å². The molecule has 46 heavy (non-hydrogen) atoms. The molecule has 0 amide bonds. The molecule has 0 N–H and O–H groups in total. The second-order valence-corrected chi connectivity index (χ2v) is 13.7. The summed E-state index contributed by atoms with van der Waals surface area (Å²) < 4.78 is 35.5. The maximum Gasteiger partial charge on any atom is 0.296 e. The van der Waals surface area contributed by atoms with Gasteiger partial charge < -0.3 is 4.74 Å². The summed E-state index contributed by atoms with van der Waals surface area (Å²) in [6.07, 6.45) is 18.4. The van der Waals surface area contributed by atoms with Gasteiger partial charge in [-0.3, -0.25) is 4.18 Å². The summed E-state index contributed by atoms with van der Waals surface area (Å²) in [7, 11) is -3.67. The molecule has 4 aromatic rings. The highest BCUT2D eigenvalue weighted by Gasteiger charge is 2.14. The molecule has 6 nitrogen and oxygen atoms in total. The normalized spacial score (nSPS) is 11.5. The fraction of sp³-hybridized carbons (Fsp3) is 0.436. The molecule has 0 saturated heterocycles. The van der Waals surface area contributed by atoms with Crippen LogP contribution < -0.4 is 4.74 Å². The Bertz CT molecular complexity index is 1520. The van der Waals surface area contributed by atoms with Gasteiger partial charge in [0, 0.05) is 5.56 Å². The summed E-state index contributed by atoms with van der Waals surface area (Å²) in [5.41, 5.74) is 5.82. The molecular weight excluding hydrogens is 593 g/mol. The SMILES string of the molecule is CCCCCCCCc1ccc(-c2ccc(-c3ncc(OCCCCCCCCOS(=O)(=O)c4ccc(C)cc4)cn3)cc2)cc1. The number of hydrogen-bond acceptors (Lipinski definition) is 6. The highest BCUT2D eigenvalue weighted by molar-refractivity contribution is 7.86. The van der Waals surface area contributed by atoms with Gasteiger partial charge in [-0.05, 0) is 61.4 Å². The second-order valence-electron chi connectivity index (χ2n) is 12.1. The Morgan fingerprint density at radius 1 is 0.587 bits per heavy atom. The lowest BCUT2D eigenvalue weighted by Gasteiger charge is -2.08. The molecular formula is C39H50N2O4S. The highest BCUT2D eigenvalue weighted by Crippen LogP contribution is 2.25. The van der Waals surface area contributed by atoms with E-state index >= 15 is 0 Å². The first kappa shape index (κ1) is 35.3. The van der Waals surface area contributed by atoms with E-state index in [1.54, 1.807) is 36.7 Å². The lowest BCUT2D eigenvalue weighted by molar-refractivity contribution is 0.296. The number of benzene rings is 3. The van der Waals surface area contributed by atoms with Gasteiger partial charge in [0.15, 0.2) is 11.6 Å². The smallest absolute Gasteiger partial charge is 0.296 e. The van der Waals surface area contributed by atoms with Crippen LogP contribution in [0.1, 0.15) is 95.1 Å². The Kier molecular flexibility index (Phi) is 14.7.